The molecule has 14 heavy (non-hydrogen) atoms. The van der Waals surface area contributed by atoms with E-state index in [9.17, 15) is 9.18 Å². The lowest BCUT2D eigenvalue weighted by Gasteiger charge is -2.06. The number of ether oxygens (including phenoxy) is 1. The third-order valence-corrected chi connectivity index (χ3v) is 2.12. The summed E-state index contributed by atoms with van der Waals surface area (Å²) in [6.07, 6.45) is 0.342. The van der Waals surface area contributed by atoms with Crippen molar-refractivity contribution in [3.05, 3.63) is 35.6 Å². The third-order valence-electron chi connectivity index (χ3n) is 1.79. The molecular formula is C10H10ClFO2. The third kappa shape index (κ3) is 3.00. The average molecular weight is 217 g/mol. The van der Waals surface area contributed by atoms with Crippen LogP contribution in [0.1, 0.15) is 5.56 Å². The van der Waals surface area contributed by atoms with Gasteiger partial charge in [-0.15, -0.1) is 11.6 Å². The first kappa shape index (κ1) is 11.0. The molecular weight excluding hydrogens is 207 g/mol. The fourth-order valence-corrected chi connectivity index (χ4v) is 1.31. The first-order valence-electron chi connectivity index (χ1n) is 4.10. The van der Waals surface area contributed by atoms with Crippen LogP contribution in [-0.2, 0) is 16.0 Å². The molecule has 0 N–H and O–H groups in total. The summed E-state index contributed by atoms with van der Waals surface area (Å²) in [6.45, 7) is 0. The Morgan fingerprint density at radius 1 is 1.50 bits per heavy atom. The van der Waals surface area contributed by atoms with Crippen LogP contribution in [0, 0.1) is 5.82 Å². The number of hydrogen-bond acceptors (Lipinski definition) is 2. The molecule has 0 aliphatic heterocycles. The van der Waals surface area contributed by atoms with Gasteiger partial charge in [0.15, 0.2) is 0 Å². The van der Waals surface area contributed by atoms with E-state index < -0.39 is 11.3 Å². The Morgan fingerprint density at radius 2 is 2.07 bits per heavy atom. The van der Waals surface area contributed by atoms with Gasteiger partial charge in [0.2, 0.25) is 0 Å². The van der Waals surface area contributed by atoms with Crippen LogP contribution >= 0.6 is 11.6 Å². The Hall–Kier alpha value is -1.09. The molecule has 4 heteroatoms. The molecule has 0 saturated heterocycles. The number of methoxy groups -OCH3 is 1. The second kappa shape index (κ2) is 4.96. The standard InChI is InChI=1S/C10H10ClFO2/c1-14-10(13)9(11)6-7-2-4-8(12)5-3-7/h2-5,9H,6H2,1H3/t9-/m0/s1. The lowest BCUT2D eigenvalue weighted by Crippen LogP contribution is -2.18. The first-order chi connectivity index (χ1) is 6.63. The Kier molecular flexibility index (Phi) is 3.89. The summed E-state index contributed by atoms with van der Waals surface area (Å²) >= 11 is 5.74. The maximum Gasteiger partial charge on any atom is 0.324 e. The number of hydrogen-bond donors (Lipinski definition) is 0. The zero-order chi connectivity index (χ0) is 10.6. The second-order valence-electron chi connectivity index (χ2n) is 2.82. The summed E-state index contributed by atoms with van der Waals surface area (Å²) in [6, 6.07) is 5.84. The van der Waals surface area contributed by atoms with E-state index in [1.165, 1.54) is 19.2 Å². The van der Waals surface area contributed by atoms with Gasteiger partial charge < -0.3 is 4.74 Å². The fraction of sp³-hybridized carbons (Fsp3) is 0.300. The SMILES string of the molecule is COC(=O)[C@@H](Cl)Cc1ccc(F)cc1. The number of alkyl halides is 1. The summed E-state index contributed by atoms with van der Waals surface area (Å²) in [5.74, 6) is -0.783. The normalized spacial score (nSPS) is 12.2. The molecule has 1 aromatic rings. The van der Waals surface area contributed by atoms with Gasteiger partial charge in [-0.3, -0.25) is 4.79 Å². The van der Waals surface area contributed by atoms with Gasteiger partial charge in [0.1, 0.15) is 11.2 Å². The van der Waals surface area contributed by atoms with E-state index in [2.05, 4.69) is 4.74 Å². The van der Waals surface area contributed by atoms with Crippen molar-refractivity contribution in [3.63, 3.8) is 0 Å². The highest BCUT2D eigenvalue weighted by Gasteiger charge is 2.15. The van der Waals surface area contributed by atoms with Crippen molar-refractivity contribution in [3.8, 4) is 0 Å². The molecule has 1 atom stereocenters. The monoisotopic (exact) mass is 216 g/mol. The molecule has 0 radical (unpaired) electrons. The highest BCUT2D eigenvalue weighted by atomic mass is 35.5. The van der Waals surface area contributed by atoms with Crippen LogP contribution in [0.5, 0.6) is 0 Å². The molecule has 0 aliphatic carbocycles. The van der Waals surface area contributed by atoms with Crippen LogP contribution < -0.4 is 0 Å². The minimum absolute atomic E-state index is 0.307. The summed E-state index contributed by atoms with van der Waals surface area (Å²) < 4.78 is 17.0. The van der Waals surface area contributed by atoms with Crippen molar-refractivity contribution >= 4 is 17.6 Å². The van der Waals surface area contributed by atoms with Crippen molar-refractivity contribution in [2.75, 3.05) is 7.11 Å². The quantitative estimate of drug-likeness (QED) is 0.572. The van der Waals surface area contributed by atoms with E-state index in [1.807, 2.05) is 0 Å². The Bertz CT molecular complexity index is 310. The minimum atomic E-state index is -0.717. The van der Waals surface area contributed by atoms with Crippen molar-refractivity contribution in [2.45, 2.75) is 11.8 Å². The molecule has 0 amide bonds. The van der Waals surface area contributed by atoms with E-state index in [-0.39, 0.29) is 5.82 Å². The van der Waals surface area contributed by atoms with E-state index in [0.717, 1.165) is 5.56 Å². The molecule has 0 aliphatic rings. The number of rotatable bonds is 3. The van der Waals surface area contributed by atoms with Crippen molar-refractivity contribution in [1.29, 1.82) is 0 Å². The van der Waals surface area contributed by atoms with Crippen LogP contribution in [-0.4, -0.2) is 18.5 Å². The Balaban J connectivity index is 2.60. The summed E-state index contributed by atoms with van der Waals surface area (Å²) in [5, 5.41) is -0.717. The molecule has 1 aromatic carbocycles. The van der Waals surface area contributed by atoms with Gasteiger partial charge in [0.05, 0.1) is 7.11 Å². The van der Waals surface area contributed by atoms with Gasteiger partial charge in [-0.1, -0.05) is 12.1 Å². The molecule has 1 rings (SSSR count). The topological polar surface area (TPSA) is 26.3 Å². The fourth-order valence-electron chi connectivity index (χ4n) is 1.04. The first-order valence-corrected chi connectivity index (χ1v) is 4.53. The largest absolute Gasteiger partial charge is 0.468 e. The molecule has 0 fully saturated rings. The number of benzene rings is 1. The van der Waals surface area contributed by atoms with Gasteiger partial charge >= 0.3 is 5.97 Å². The van der Waals surface area contributed by atoms with E-state index >= 15 is 0 Å². The van der Waals surface area contributed by atoms with Crippen molar-refractivity contribution in [2.24, 2.45) is 0 Å². The molecule has 0 aromatic heterocycles. The zero-order valence-electron chi connectivity index (χ0n) is 7.67. The smallest absolute Gasteiger partial charge is 0.324 e. The van der Waals surface area contributed by atoms with Crippen molar-refractivity contribution < 1.29 is 13.9 Å². The van der Waals surface area contributed by atoms with Gasteiger partial charge in [-0.05, 0) is 24.1 Å². The van der Waals surface area contributed by atoms with E-state index in [0.29, 0.717) is 6.42 Å². The maximum absolute atomic E-state index is 12.5. The van der Waals surface area contributed by atoms with Gasteiger partial charge in [0, 0.05) is 0 Å². The highest BCUT2D eigenvalue weighted by molar-refractivity contribution is 6.30. The molecule has 0 bridgehead atoms. The number of halogens is 2. The van der Waals surface area contributed by atoms with Crippen molar-refractivity contribution in [1.82, 2.24) is 0 Å². The lowest BCUT2D eigenvalue weighted by molar-refractivity contribution is -0.140. The van der Waals surface area contributed by atoms with Gasteiger partial charge in [-0.2, -0.15) is 0 Å². The Morgan fingerprint density at radius 3 is 2.57 bits per heavy atom. The highest BCUT2D eigenvalue weighted by Crippen LogP contribution is 2.10. The van der Waals surface area contributed by atoms with Crippen LogP contribution in [0.2, 0.25) is 0 Å². The summed E-state index contributed by atoms with van der Waals surface area (Å²) in [7, 11) is 1.28. The Labute approximate surface area is 86.6 Å². The number of carbonyl (C=O) groups is 1. The molecule has 0 spiro atoms. The van der Waals surface area contributed by atoms with Crippen LogP contribution in [0.25, 0.3) is 0 Å². The number of carbonyl (C=O) groups excluding carboxylic acids is 1. The molecule has 0 heterocycles. The van der Waals surface area contributed by atoms with Gasteiger partial charge in [0.25, 0.3) is 0 Å². The summed E-state index contributed by atoms with van der Waals surface area (Å²) in [4.78, 5) is 11.0. The molecule has 76 valence electrons. The van der Waals surface area contributed by atoms with Gasteiger partial charge in [-0.25, -0.2) is 4.39 Å². The van der Waals surface area contributed by atoms with Crippen LogP contribution in [0.15, 0.2) is 24.3 Å². The zero-order valence-corrected chi connectivity index (χ0v) is 8.42. The summed E-state index contributed by atoms with van der Waals surface area (Å²) in [5.41, 5.74) is 0.803. The molecule has 2 nitrogen and oxygen atoms in total. The molecule has 0 saturated carbocycles. The average Bonchev–Trinajstić information content (AvgIpc) is 2.20. The predicted octanol–water partition coefficient (Wildman–Crippen LogP) is 2.15. The molecule has 0 unspecified atom stereocenters. The number of esters is 1. The van der Waals surface area contributed by atoms with Crippen LogP contribution in [0.3, 0.4) is 0 Å². The second-order valence-corrected chi connectivity index (χ2v) is 3.35. The minimum Gasteiger partial charge on any atom is -0.468 e. The lowest BCUT2D eigenvalue weighted by atomic mass is 10.1. The van der Waals surface area contributed by atoms with Crippen LogP contribution in [0.4, 0.5) is 4.39 Å². The predicted molar refractivity (Wildman–Crippen MR) is 51.8 cm³/mol. The van der Waals surface area contributed by atoms with E-state index in [1.54, 1.807) is 12.1 Å². The van der Waals surface area contributed by atoms with E-state index in [4.69, 9.17) is 11.6 Å². The maximum atomic E-state index is 12.5.